The van der Waals surface area contributed by atoms with E-state index in [4.69, 9.17) is 4.74 Å². The molecule has 2 N–H and O–H groups in total. The number of ketones is 1. The molecule has 3 rings (SSSR count). The zero-order chi connectivity index (χ0) is 20.6. The number of ether oxygens (including phenoxy) is 1. The number of benzene rings is 1. The fourth-order valence-corrected chi connectivity index (χ4v) is 3.53. The van der Waals surface area contributed by atoms with E-state index in [0.717, 1.165) is 43.8 Å². The lowest BCUT2D eigenvalue weighted by Crippen LogP contribution is -2.38. The average Bonchev–Trinajstić information content (AvgIpc) is 2.79. The summed E-state index contributed by atoms with van der Waals surface area (Å²) < 4.78 is 5.69. The van der Waals surface area contributed by atoms with Gasteiger partial charge in [0.05, 0.1) is 12.7 Å². The van der Waals surface area contributed by atoms with Crippen molar-refractivity contribution in [2.24, 2.45) is 0 Å². The molecular weight excluding hydrogens is 366 g/mol. The molecule has 1 aromatic heterocycles. The Bertz CT molecular complexity index is 833. The Hall–Kier alpha value is -2.57. The maximum Gasteiger partial charge on any atom is 0.269 e. The third-order valence-electron chi connectivity index (χ3n) is 5.30. The van der Waals surface area contributed by atoms with Crippen LogP contribution >= 0.6 is 0 Å². The normalized spacial score (nSPS) is 17.5. The lowest BCUT2D eigenvalue weighted by atomic mass is 9.94. The van der Waals surface area contributed by atoms with Crippen molar-refractivity contribution in [1.29, 1.82) is 0 Å². The van der Waals surface area contributed by atoms with Crippen LogP contribution in [-0.2, 0) is 4.74 Å². The van der Waals surface area contributed by atoms with Crippen molar-refractivity contribution in [3.05, 3.63) is 65.0 Å². The Balaban J connectivity index is 1.75. The molecule has 1 aromatic carbocycles. The molecule has 0 radical (unpaired) electrons. The Morgan fingerprint density at radius 1 is 1.28 bits per heavy atom. The Morgan fingerprint density at radius 2 is 2.07 bits per heavy atom. The molecule has 1 unspecified atom stereocenters. The van der Waals surface area contributed by atoms with Crippen molar-refractivity contribution in [3.63, 3.8) is 0 Å². The number of carbonyl (C=O) groups is 2. The van der Waals surface area contributed by atoms with Crippen molar-refractivity contribution in [2.45, 2.75) is 38.2 Å². The van der Waals surface area contributed by atoms with Gasteiger partial charge in [-0.2, -0.15) is 0 Å². The highest BCUT2D eigenvalue weighted by molar-refractivity contribution is 5.99. The van der Waals surface area contributed by atoms with E-state index in [1.165, 1.54) is 0 Å². The van der Waals surface area contributed by atoms with Gasteiger partial charge >= 0.3 is 0 Å². The number of morpholine rings is 1. The van der Waals surface area contributed by atoms with Crippen molar-refractivity contribution < 1.29 is 14.3 Å². The van der Waals surface area contributed by atoms with Crippen LogP contribution in [0.25, 0.3) is 0 Å². The molecular formula is C23H29N3O3. The molecule has 1 saturated heterocycles. The second-order valence-electron chi connectivity index (χ2n) is 7.39. The highest BCUT2D eigenvalue weighted by Crippen LogP contribution is 2.24. The van der Waals surface area contributed by atoms with Crippen LogP contribution in [0.15, 0.2) is 42.5 Å². The summed E-state index contributed by atoms with van der Waals surface area (Å²) in [7, 11) is 1.57. The first-order chi connectivity index (χ1) is 14.1. The minimum Gasteiger partial charge on any atom is -0.376 e. The van der Waals surface area contributed by atoms with E-state index in [1.807, 2.05) is 43.3 Å². The first-order valence-electron chi connectivity index (χ1n) is 10.2. The second-order valence-corrected chi connectivity index (χ2v) is 7.39. The highest BCUT2D eigenvalue weighted by Gasteiger charge is 2.19. The summed E-state index contributed by atoms with van der Waals surface area (Å²) in [6, 6.07) is 13.4. The average molecular weight is 396 g/mol. The SMILES string of the molecule is CNC(=O)c1cc(C(=O)CCC[C@@H]2CNCCO2)cc(C(C)c2ccccc2)n1. The minimum atomic E-state index is -0.289. The van der Waals surface area contributed by atoms with E-state index in [0.29, 0.717) is 12.0 Å². The molecule has 0 spiro atoms. The van der Waals surface area contributed by atoms with Gasteiger partial charge in [0.15, 0.2) is 5.78 Å². The number of hydrogen-bond acceptors (Lipinski definition) is 5. The Labute approximate surface area is 172 Å². The smallest absolute Gasteiger partial charge is 0.269 e. The van der Waals surface area contributed by atoms with Crippen LogP contribution in [0.3, 0.4) is 0 Å². The number of nitrogens with zero attached hydrogens (tertiary/aromatic N) is 1. The summed E-state index contributed by atoms with van der Waals surface area (Å²) >= 11 is 0. The van der Waals surface area contributed by atoms with E-state index < -0.39 is 0 Å². The molecule has 1 fully saturated rings. The summed E-state index contributed by atoms with van der Waals surface area (Å²) in [4.78, 5) is 29.6. The maximum atomic E-state index is 12.8. The monoisotopic (exact) mass is 395 g/mol. The largest absolute Gasteiger partial charge is 0.376 e. The van der Waals surface area contributed by atoms with Gasteiger partial charge < -0.3 is 15.4 Å². The van der Waals surface area contributed by atoms with Gasteiger partial charge in [-0.3, -0.25) is 9.59 Å². The van der Waals surface area contributed by atoms with Gasteiger partial charge in [0, 0.05) is 43.7 Å². The zero-order valence-corrected chi connectivity index (χ0v) is 17.1. The van der Waals surface area contributed by atoms with Crippen molar-refractivity contribution in [2.75, 3.05) is 26.7 Å². The summed E-state index contributed by atoms with van der Waals surface area (Å²) in [6.07, 6.45) is 2.20. The first-order valence-corrected chi connectivity index (χ1v) is 10.2. The van der Waals surface area contributed by atoms with Gasteiger partial charge in [-0.1, -0.05) is 37.3 Å². The molecule has 0 bridgehead atoms. The summed E-state index contributed by atoms with van der Waals surface area (Å²) in [5.41, 5.74) is 2.63. The molecule has 6 heteroatoms. The summed E-state index contributed by atoms with van der Waals surface area (Å²) in [6.45, 7) is 4.48. The van der Waals surface area contributed by atoms with E-state index >= 15 is 0 Å². The Kier molecular flexibility index (Phi) is 7.49. The van der Waals surface area contributed by atoms with Gasteiger partial charge in [0.1, 0.15) is 5.69 Å². The van der Waals surface area contributed by atoms with Crippen molar-refractivity contribution in [1.82, 2.24) is 15.6 Å². The van der Waals surface area contributed by atoms with Crippen LogP contribution in [0.1, 0.15) is 64.2 Å². The van der Waals surface area contributed by atoms with Gasteiger partial charge in [-0.15, -0.1) is 0 Å². The van der Waals surface area contributed by atoms with Crippen LogP contribution < -0.4 is 10.6 Å². The molecule has 0 saturated carbocycles. The highest BCUT2D eigenvalue weighted by atomic mass is 16.5. The molecule has 6 nitrogen and oxygen atoms in total. The number of rotatable bonds is 8. The van der Waals surface area contributed by atoms with Crippen LogP contribution in [0.2, 0.25) is 0 Å². The second kappa shape index (κ2) is 10.3. The number of nitrogens with one attached hydrogen (secondary N) is 2. The molecule has 2 atom stereocenters. The lowest BCUT2D eigenvalue weighted by molar-refractivity contribution is 0.0222. The third kappa shape index (κ3) is 5.71. The lowest BCUT2D eigenvalue weighted by Gasteiger charge is -2.23. The van der Waals surface area contributed by atoms with E-state index in [-0.39, 0.29) is 29.4 Å². The van der Waals surface area contributed by atoms with Crippen molar-refractivity contribution in [3.8, 4) is 0 Å². The number of carbonyl (C=O) groups excluding carboxylic acids is 2. The van der Waals surface area contributed by atoms with Crippen LogP contribution in [0, 0.1) is 0 Å². The third-order valence-corrected chi connectivity index (χ3v) is 5.30. The van der Waals surface area contributed by atoms with Crippen LogP contribution in [-0.4, -0.2) is 49.5 Å². The molecule has 1 aliphatic heterocycles. The summed E-state index contributed by atoms with van der Waals surface area (Å²) in [5, 5.41) is 5.91. The van der Waals surface area contributed by atoms with Gasteiger partial charge in [-0.25, -0.2) is 4.98 Å². The van der Waals surface area contributed by atoms with Gasteiger partial charge in [-0.05, 0) is 30.5 Å². The van der Waals surface area contributed by atoms with Crippen molar-refractivity contribution >= 4 is 11.7 Å². The molecule has 0 aliphatic carbocycles. The van der Waals surface area contributed by atoms with Gasteiger partial charge in [0.25, 0.3) is 5.91 Å². The Morgan fingerprint density at radius 3 is 2.76 bits per heavy atom. The molecule has 1 amide bonds. The maximum absolute atomic E-state index is 12.8. The zero-order valence-electron chi connectivity index (χ0n) is 17.1. The van der Waals surface area contributed by atoms with E-state index in [9.17, 15) is 9.59 Å². The van der Waals surface area contributed by atoms with E-state index in [1.54, 1.807) is 13.1 Å². The minimum absolute atomic E-state index is 0.0194. The topological polar surface area (TPSA) is 80.3 Å². The first kappa shape index (κ1) is 21.1. The molecule has 29 heavy (non-hydrogen) atoms. The number of pyridine rings is 1. The molecule has 154 valence electrons. The molecule has 2 aromatic rings. The number of aromatic nitrogens is 1. The van der Waals surface area contributed by atoms with Crippen LogP contribution in [0.4, 0.5) is 0 Å². The van der Waals surface area contributed by atoms with E-state index in [2.05, 4.69) is 15.6 Å². The fraction of sp³-hybridized carbons (Fsp3) is 0.435. The molecule has 2 heterocycles. The number of hydrogen-bond donors (Lipinski definition) is 2. The molecule has 1 aliphatic rings. The number of amides is 1. The number of Topliss-reactive ketones (excluding diaryl/α,β-unsaturated/α-hetero) is 1. The van der Waals surface area contributed by atoms with Crippen LogP contribution in [0.5, 0.6) is 0 Å². The predicted molar refractivity (Wildman–Crippen MR) is 112 cm³/mol. The fourth-order valence-electron chi connectivity index (χ4n) is 3.53. The predicted octanol–water partition coefficient (Wildman–Crippen LogP) is 2.93. The standard InChI is InChI=1S/C23H29N3O3/c1-16(17-7-4-3-5-8-17)20-13-18(14-21(26-20)23(28)24-2)22(27)10-6-9-19-15-25-11-12-29-19/h3-5,7-8,13-14,16,19,25H,6,9-12,15H2,1-2H3,(H,24,28)/t16?,19-/m1/s1. The summed E-state index contributed by atoms with van der Waals surface area (Å²) in [5.74, 6) is -0.278. The van der Waals surface area contributed by atoms with Gasteiger partial charge in [0.2, 0.25) is 0 Å². The quantitative estimate of drug-likeness (QED) is 0.672.